The molecule has 0 radical (unpaired) electrons. The van der Waals surface area contributed by atoms with Crippen molar-refractivity contribution in [3.63, 3.8) is 0 Å². The molecule has 2 aromatic heterocycles. The highest BCUT2D eigenvalue weighted by Crippen LogP contribution is 2.29. The number of hydrogen-bond donors (Lipinski definition) is 2. The van der Waals surface area contributed by atoms with Crippen molar-refractivity contribution >= 4 is 27.3 Å². The molecule has 0 fully saturated rings. The first-order chi connectivity index (χ1) is 11.5. The lowest BCUT2D eigenvalue weighted by Crippen LogP contribution is -2.28. The summed E-state index contributed by atoms with van der Waals surface area (Å²) >= 11 is 1.55. The lowest BCUT2D eigenvalue weighted by molar-refractivity contribution is -0.121. The van der Waals surface area contributed by atoms with Gasteiger partial charge in [-0.05, 0) is 37.8 Å². The normalized spacial score (nSPS) is 12.5. The predicted octanol–water partition coefficient (Wildman–Crippen LogP) is 3.29. The van der Waals surface area contributed by atoms with Crippen molar-refractivity contribution in [1.82, 2.24) is 10.5 Å². The van der Waals surface area contributed by atoms with E-state index in [1.165, 1.54) is 0 Å². The van der Waals surface area contributed by atoms with Crippen molar-refractivity contribution in [1.29, 1.82) is 0 Å². The quantitative estimate of drug-likeness (QED) is 0.719. The second-order valence-corrected chi connectivity index (χ2v) is 6.92. The number of carbonyl (C=O) groups is 1. The van der Waals surface area contributed by atoms with Gasteiger partial charge in [-0.15, -0.1) is 11.3 Å². The zero-order valence-corrected chi connectivity index (χ0v) is 14.5. The van der Waals surface area contributed by atoms with Gasteiger partial charge in [0.2, 0.25) is 5.91 Å². The molecule has 0 aliphatic heterocycles. The van der Waals surface area contributed by atoms with Crippen molar-refractivity contribution < 1.29 is 14.4 Å². The number of rotatable bonds is 6. The minimum absolute atomic E-state index is 0.0878. The summed E-state index contributed by atoms with van der Waals surface area (Å²) in [4.78, 5) is 12.9. The molecule has 0 aliphatic rings. The van der Waals surface area contributed by atoms with Crippen LogP contribution in [0.15, 0.2) is 34.9 Å². The van der Waals surface area contributed by atoms with Crippen LogP contribution in [0.2, 0.25) is 0 Å². The van der Waals surface area contributed by atoms with Gasteiger partial charge in [-0.3, -0.25) is 4.79 Å². The second-order valence-electron chi connectivity index (χ2n) is 5.81. The van der Waals surface area contributed by atoms with Crippen LogP contribution in [0.4, 0.5) is 0 Å². The number of aliphatic hydroxyl groups is 1. The Balaban J connectivity index is 1.52. The van der Waals surface area contributed by atoms with Gasteiger partial charge in [0.15, 0.2) is 0 Å². The van der Waals surface area contributed by atoms with E-state index in [0.29, 0.717) is 12.8 Å². The molecule has 0 bridgehead atoms. The maximum atomic E-state index is 12.0. The molecule has 6 heteroatoms. The van der Waals surface area contributed by atoms with Gasteiger partial charge in [0, 0.05) is 28.1 Å². The first kappa shape index (κ1) is 16.7. The average Bonchev–Trinajstić information content (AvgIpc) is 3.14. The molecule has 1 unspecified atom stereocenters. The van der Waals surface area contributed by atoms with Crippen molar-refractivity contribution in [3.05, 3.63) is 52.2 Å². The molecular weight excluding hydrogens is 324 g/mol. The van der Waals surface area contributed by atoms with Crippen molar-refractivity contribution in [2.75, 3.05) is 6.54 Å². The number of nitrogens with one attached hydrogen (secondary N) is 1. The van der Waals surface area contributed by atoms with Gasteiger partial charge in [-0.1, -0.05) is 23.4 Å². The number of nitrogens with zero attached hydrogens (tertiary/aromatic N) is 1. The first-order valence-corrected chi connectivity index (χ1v) is 8.71. The van der Waals surface area contributed by atoms with Crippen molar-refractivity contribution in [2.45, 2.75) is 32.8 Å². The van der Waals surface area contributed by atoms with Crippen LogP contribution in [0.5, 0.6) is 0 Å². The van der Waals surface area contributed by atoms with Crippen LogP contribution in [0.1, 0.15) is 34.4 Å². The van der Waals surface area contributed by atoms with E-state index in [4.69, 9.17) is 4.52 Å². The van der Waals surface area contributed by atoms with E-state index in [1.807, 2.05) is 44.2 Å². The Hall–Kier alpha value is -2.18. The summed E-state index contributed by atoms with van der Waals surface area (Å²) in [6.07, 6.45) is 0.249. The van der Waals surface area contributed by atoms with Crippen LogP contribution in [-0.2, 0) is 11.2 Å². The Kier molecular flexibility index (Phi) is 4.97. The maximum absolute atomic E-state index is 12.0. The summed E-state index contributed by atoms with van der Waals surface area (Å²) < 4.78 is 6.23. The SMILES string of the molecule is Cc1noc(C)c1CCC(=O)NCC(O)c1cc2ccccc2s1. The number of aromatic nitrogens is 1. The second kappa shape index (κ2) is 7.15. The first-order valence-electron chi connectivity index (χ1n) is 7.89. The number of aryl methyl sites for hydroxylation is 2. The largest absolute Gasteiger partial charge is 0.386 e. The average molecular weight is 344 g/mol. The summed E-state index contributed by atoms with van der Waals surface area (Å²) in [6, 6.07) is 9.97. The highest BCUT2D eigenvalue weighted by atomic mass is 32.1. The molecule has 5 nitrogen and oxygen atoms in total. The standard InChI is InChI=1S/C18H20N2O3S/c1-11-14(12(2)23-20-11)7-8-18(22)19-10-15(21)17-9-13-5-3-4-6-16(13)24-17/h3-6,9,15,21H,7-8,10H2,1-2H3,(H,19,22). The Labute approximate surface area is 144 Å². The predicted molar refractivity (Wildman–Crippen MR) is 94.1 cm³/mol. The van der Waals surface area contributed by atoms with Gasteiger partial charge < -0.3 is 14.9 Å². The minimum Gasteiger partial charge on any atom is -0.386 e. The highest BCUT2D eigenvalue weighted by Gasteiger charge is 2.14. The molecule has 0 spiro atoms. The van der Waals surface area contributed by atoms with Crippen LogP contribution in [0.25, 0.3) is 10.1 Å². The number of fused-ring (bicyclic) bond motifs is 1. The van der Waals surface area contributed by atoms with Crippen LogP contribution in [0, 0.1) is 13.8 Å². The summed E-state index contributed by atoms with van der Waals surface area (Å²) in [5, 5.41) is 18.1. The van der Waals surface area contributed by atoms with E-state index < -0.39 is 6.10 Å². The molecule has 1 atom stereocenters. The van der Waals surface area contributed by atoms with Crippen LogP contribution in [0.3, 0.4) is 0 Å². The van der Waals surface area contributed by atoms with E-state index >= 15 is 0 Å². The molecule has 2 N–H and O–H groups in total. The van der Waals surface area contributed by atoms with Crippen LogP contribution in [-0.4, -0.2) is 22.7 Å². The minimum atomic E-state index is -0.689. The summed E-state index contributed by atoms with van der Waals surface area (Å²) in [6.45, 7) is 3.93. The Morgan fingerprint density at radius 2 is 2.17 bits per heavy atom. The topological polar surface area (TPSA) is 75.4 Å². The van der Waals surface area contributed by atoms with Gasteiger partial charge in [0.1, 0.15) is 11.9 Å². The number of amides is 1. The van der Waals surface area contributed by atoms with Crippen LogP contribution >= 0.6 is 11.3 Å². The third kappa shape index (κ3) is 3.66. The summed E-state index contributed by atoms with van der Waals surface area (Å²) in [5.41, 5.74) is 1.81. The third-order valence-corrected chi connectivity index (χ3v) is 5.27. The fraction of sp³-hybridized carbons (Fsp3) is 0.333. The van der Waals surface area contributed by atoms with Gasteiger partial charge in [-0.25, -0.2) is 0 Å². The zero-order valence-electron chi connectivity index (χ0n) is 13.7. The number of aliphatic hydroxyl groups excluding tert-OH is 1. The molecule has 1 aromatic carbocycles. The van der Waals surface area contributed by atoms with E-state index in [0.717, 1.165) is 32.0 Å². The molecule has 3 aromatic rings. The fourth-order valence-electron chi connectivity index (χ4n) is 2.66. The van der Waals surface area contributed by atoms with Gasteiger partial charge >= 0.3 is 0 Å². The molecule has 24 heavy (non-hydrogen) atoms. The Morgan fingerprint density at radius 3 is 2.88 bits per heavy atom. The Morgan fingerprint density at radius 1 is 1.38 bits per heavy atom. The number of benzene rings is 1. The number of thiophene rings is 1. The highest BCUT2D eigenvalue weighted by molar-refractivity contribution is 7.19. The molecular formula is C18H20N2O3S. The van der Waals surface area contributed by atoms with Crippen molar-refractivity contribution in [3.8, 4) is 0 Å². The summed E-state index contributed by atoms with van der Waals surface area (Å²) in [5.74, 6) is 0.667. The molecule has 0 saturated heterocycles. The Bertz CT molecular complexity index is 800. The van der Waals surface area contributed by atoms with Crippen LogP contribution < -0.4 is 5.32 Å². The number of carbonyl (C=O) groups excluding carboxylic acids is 1. The number of hydrogen-bond acceptors (Lipinski definition) is 5. The van der Waals surface area contributed by atoms with Gasteiger partial charge in [0.25, 0.3) is 0 Å². The van der Waals surface area contributed by atoms with Crippen molar-refractivity contribution in [2.24, 2.45) is 0 Å². The molecule has 2 heterocycles. The zero-order chi connectivity index (χ0) is 17.1. The van der Waals surface area contributed by atoms with Gasteiger partial charge in [-0.2, -0.15) is 0 Å². The smallest absolute Gasteiger partial charge is 0.220 e. The molecule has 0 saturated carbocycles. The summed E-state index contributed by atoms with van der Waals surface area (Å²) in [7, 11) is 0. The molecule has 1 amide bonds. The third-order valence-electron chi connectivity index (χ3n) is 4.05. The monoisotopic (exact) mass is 344 g/mol. The lowest BCUT2D eigenvalue weighted by Gasteiger charge is -2.10. The van der Waals surface area contributed by atoms with E-state index in [2.05, 4.69) is 10.5 Å². The molecule has 126 valence electrons. The van der Waals surface area contributed by atoms with E-state index in [-0.39, 0.29) is 12.5 Å². The van der Waals surface area contributed by atoms with Gasteiger partial charge in [0.05, 0.1) is 5.69 Å². The maximum Gasteiger partial charge on any atom is 0.220 e. The van der Waals surface area contributed by atoms with E-state index in [9.17, 15) is 9.90 Å². The fourth-order valence-corrected chi connectivity index (χ4v) is 3.71. The molecule has 3 rings (SSSR count). The van der Waals surface area contributed by atoms with E-state index in [1.54, 1.807) is 11.3 Å². The molecule has 0 aliphatic carbocycles. The lowest BCUT2D eigenvalue weighted by atomic mass is 10.1.